The van der Waals surface area contributed by atoms with Gasteiger partial charge in [-0.2, -0.15) is 5.10 Å². The van der Waals surface area contributed by atoms with Crippen molar-refractivity contribution in [3.63, 3.8) is 0 Å². The SMILES string of the molecule is CC(C)n1cc(CN2CCc3nc(S(C)(=O)=O)[nH]c(=O)c3C2)cn1. The van der Waals surface area contributed by atoms with Crippen LogP contribution in [0.1, 0.15) is 36.7 Å². The molecule has 0 bridgehead atoms. The number of aromatic nitrogens is 4. The van der Waals surface area contributed by atoms with Crippen LogP contribution in [0, 0.1) is 0 Å². The number of aromatic amines is 1. The quantitative estimate of drug-likeness (QED) is 0.806. The molecule has 24 heavy (non-hydrogen) atoms. The van der Waals surface area contributed by atoms with Gasteiger partial charge in [0.2, 0.25) is 15.0 Å². The van der Waals surface area contributed by atoms with Crippen LogP contribution in [-0.2, 0) is 29.3 Å². The molecule has 0 amide bonds. The summed E-state index contributed by atoms with van der Waals surface area (Å²) in [4.78, 5) is 20.9. The molecule has 0 aliphatic carbocycles. The second kappa shape index (κ2) is 6.14. The Kier molecular flexibility index (Phi) is 4.31. The average Bonchev–Trinajstić information content (AvgIpc) is 2.95. The lowest BCUT2D eigenvalue weighted by Crippen LogP contribution is -2.36. The van der Waals surface area contributed by atoms with Gasteiger partial charge >= 0.3 is 0 Å². The highest BCUT2D eigenvalue weighted by molar-refractivity contribution is 7.90. The summed E-state index contributed by atoms with van der Waals surface area (Å²) in [5.41, 5.74) is 1.84. The Morgan fingerprint density at radius 2 is 2.12 bits per heavy atom. The van der Waals surface area contributed by atoms with Gasteiger partial charge in [0.1, 0.15) is 0 Å². The number of nitrogens with zero attached hydrogens (tertiary/aromatic N) is 4. The largest absolute Gasteiger partial charge is 0.297 e. The van der Waals surface area contributed by atoms with Crippen LogP contribution < -0.4 is 5.56 Å². The Morgan fingerprint density at radius 1 is 1.38 bits per heavy atom. The van der Waals surface area contributed by atoms with Gasteiger partial charge in [0, 0.05) is 50.1 Å². The first-order valence-corrected chi connectivity index (χ1v) is 9.70. The summed E-state index contributed by atoms with van der Waals surface area (Å²) in [7, 11) is -3.52. The van der Waals surface area contributed by atoms with E-state index in [1.807, 2.05) is 17.1 Å². The lowest BCUT2D eigenvalue weighted by atomic mass is 10.1. The molecule has 3 heterocycles. The van der Waals surface area contributed by atoms with Crippen LogP contribution in [-0.4, -0.2) is 45.9 Å². The topological polar surface area (TPSA) is 101 Å². The predicted molar refractivity (Wildman–Crippen MR) is 88.4 cm³/mol. The summed E-state index contributed by atoms with van der Waals surface area (Å²) in [5, 5.41) is 4.07. The zero-order chi connectivity index (χ0) is 17.5. The number of nitrogens with one attached hydrogen (secondary N) is 1. The molecule has 1 aliphatic heterocycles. The lowest BCUT2D eigenvalue weighted by Gasteiger charge is -2.27. The number of hydrogen-bond acceptors (Lipinski definition) is 6. The van der Waals surface area contributed by atoms with Crippen LogP contribution in [0.4, 0.5) is 0 Å². The van der Waals surface area contributed by atoms with Crippen molar-refractivity contribution in [1.82, 2.24) is 24.6 Å². The third-order valence-electron chi connectivity index (χ3n) is 4.07. The van der Waals surface area contributed by atoms with E-state index in [2.05, 4.69) is 33.8 Å². The number of H-pyrrole nitrogens is 1. The molecule has 8 nitrogen and oxygen atoms in total. The van der Waals surface area contributed by atoms with Crippen molar-refractivity contribution in [3.05, 3.63) is 39.6 Å². The Labute approximate surface area is 140 Å². The first kappa shape index (κ1) is 16.8. The van der Waals surface area contributed by atoms with E-state index in [9.17, 15) is 13.2 Å². The Balaban J connectivity index is 1.80. The van der Waals surface area contributed by atoms with Gasteiger partial charge in [-0.15, -0.1) is 0 Å². The molecule has 2 aromatic heterocycles. The van der Waals surface area contributed by atoms with Gasteiger partial charge < -0.3 is 0 Å². The molecule has 2 aromatic rings. The van der Waals surface area contributed by atoms with Crippen molar-refractivity contribution >= 4 is 9.84 Å². The van der Waals surface area contributed by atoms with Crippen LogP contribution in [0.3, 0.4) is 0 Å². The fourth-order valence-corrected chi connectivity index (χ4v) is 3.32. The monoisotopic (exact) mass is 351 g/mol. The number of hydrogen-bond donors (Lipinski definition) is 1. The molecule has 1 aliphatic rings. The van der Waals surface area contributed by atoms with Crippen LogP contribution >= 0.6 is 0 Å². The minimum atomic E-state index is -3.52. The summed E-state index contributed by atoms with van der Waals surface area (Å²) < 4.78 is 25.1. The van der Waals surface area contributed by atoms with E-state index < -0.39 is 9.84 Å². The summed E-state index contributed by atoms with van der Waals surface area (Å²) >= 11 is 0. The standard InChI is InChI=1S/C15H21N5O3S/c1-10(2)20-8-11(6-16-20)7-19-5-4-13-12(9-19)14(21)18-15(17-13)24(3,22)23/h6,8,10H,4-5,7,9H2,1-3H3,(H,17,18,21). The van der Waals surface area contributed by atoms with Gasteiger partial charge in [0.25, 0.3) is 5.56 Å². The van der Waals surface area contributed by atoms with Crippen LogP contribution in [0.25, 0.3) is 0 Å². The molecule has 0 aromatic carbocycles. The predicted octanol–water partition coefficient (Wildman–Crippen LogP) is 0.509. The van der Waals surface area contributed by atoms with Gasteiger partial charge in [-0.3, -0.25) is 19.4 Å². The Hall–Kier alpha value is -2.00. The second-order valence-corrected chi connectivity index (χ2v) is 8.38. The fourth-order valence-electron chi connectivity index (χ4n) is 2.77. The van der Waals surface area contributed by atoms with Crippen molar-refractivity contribution < 1.29 is 8.42 Å². The fraction of sp³-hybridized carbons (Fsp3) is 0.533. The van der Waals surface area contributed by atoms with Crippen molar-refractivity contribution in [1.29, 1.82) is 0 Å². The minimum Gasteiger partial charge on any atom is -0.297 e. The lowest BCUT2D eigenvalue weighted by molar-refractivity contribution is 0.240. The average molecular weight is 351 g/mol. The molecule has 1 N–H and O–H groups in total. The highest BCUT2D eigenvalue weighted by Crippen LogP contribution is 2.17. The summed E-state index contributed by atoms with van der Waals surface area (Å²) in [6.45, 7) is 6.00. The first-order chi connectivity index (χ1) is 11.2. The molecule has 0 fully saturated rings. The summed E-state index contributed by atoms with van der Waals surface area (Å²) in [6, 6.07) is 0.308. The highest BCUT2D eigenvalue weighted by atomic mass is 32.2. The number of rotatable bonds is 4. The van der Waals surface area contributed by atoms with E-state index in [4.69, 9.17) is 0 Å². The molecule has 0 saturated heterocycles. The van der Waals surface area contributed by atoms with E-state index in [0.717, 1.165) is 18.4 Å². The molecule has 0 spiro atoms. The first-order valence-electron chi connectivity index (χ1n) is 7.81. The van der Waals surface area contributed by atoms with E-state index >= 15 is 0 Å². The maximum atomic E-state index is 12.2. The van der Waals surface area contributed by atoms with Crippen LogP contribution in [0.2, 0.25) is 0 Å². The molecule has 0 saturated carbocycles. The van der Waals surface area contributed by atoms with Gasteiger partial charge in [-0.25, -0.2) is 13.4 Å². The van der Waals surface area contributed by atoms with Gasteiger partial charge in [-0.05, 0) is 13.8 Å². The van der Waals surface area contributed by atoms with Gasteiger partial charge in [0.15, 0.2) is 0 Å². The Bertz CT molecular complexity index is 913. The van der Waals surface area contributed by atoms with E-state index in [1.54, 1.807) is 0 Å². The van der Waals surface area contributed by atoms with E-state index in [0.29, 0.717) is 36.8 Å². The maximum Gasteiger partial charge on any atom is 0.256 e. The third kappa shape index (κ3) is 3.41. The van der Waals surface area contributed by atoms with Crippen molar-refractivity contribution in [2.45, 2.75) is 44.6 Å². The van der Waals surface area contributed by atoms with E-state index in [1.165, 1.54) is 0 Å². The van der Waals surface area contributed by atoms with Crippen molar-refractivity contribution in [2.75, 3.05) is 12.8 Å². The van der Waals surface area contributed by atoms with Crippen molar-refractivity contribution in [3.8, 4) is 0 Å². The normalized spacial score (nSPS) is 15.7. The van der Waals surface area contributed by atoms with Crippen molar-refractivity contribution in [2.24, 2.45) is 0 Å². The molecule has 9 heteroatoms. The third-order valence-corrected chi connectivity index (χ3v) is 4.96. The molecule has 130 valence electrons. The smallest absolute Gasteiger partial charge is 0.256 e. The molecule has 3 rings (SSSR count). The molecule has 0 unspecified atom stereocenters. The maximum absolute atomic E-state index is 12.2. The zero-order valence-electron chi connectivity index (χ0n) is 14.0. The van der Waals surface area contributed by atoms with Gasteiger partial charge in [0.05, 0.1) is 17.5 Å². The minimum absolute atomic E-state index is 0.252. The molecule has 0 atom stereocenters. The van der Waals surface area contributed by atoms with Crippen LogP contribution in [0.15, 0.2) is 22.3 Å². The molecular weight excluding hydrogens is 330 g/mol. The zero-order valence-corrected chi connectivity index (χ0v) is 14.8. The Morgan fingerprint density at radius 3 is 2.75 bits per heavy atom. The number of fused-ring (bicyclic) bond motifs is 1. The molecule has 0 radical (unpaired) electrons. The molecular formula is C15H21N5O3S. The second-order valence-electron chi connectivity index (χ2n) is 6.45. The van der Waals surface area contributed by atoms with Crippen LogP contribution in [0.5, 0.6) is 0 Å². The summed E-state index contributed by atoms with van der Waals surface area (Å²) in [6.07, 6.45) is 5.44. The number of sulfone groups is 1. The van der Waals surface area contributed by atoms with Gasteiger partial charge in [-0.1, -0.05) is 0 Å². The van der Waals surface area contributed by atoms with E-state index in [-0.39, 0.29) is 10.7 Å². The highest BCUT2D eigenvalue weighted by Gasteiger charge is 2.23. The summed E-state index contributed by atoms with van der Waals surface area (Å²) in [5.74, 6) is 0.